The van der Waals surface area contributed by atoms with Crippen LogP contribution in [-0.4, -0.2) is 44.1 Å². The molecule has 0 N–H and O–H groups in total. The second-order valence-electron chi connectivity index (χ2n) is 7.99. The van der Waals surface area contributed by atoms with Crippen LogP contribution in [0.1, 0.15) is 43.2 Å². The van der Waals surface area contributed by atoms with E-state index in [9.17, 15) is 9.18 Å². The minimum atomic E-state index is -0.239. The first-order chi connectivity index (χ1) is 13.0. The summed E-state index contributed by atoms with van der Waals surface area (Å²) in [5, 5.41) is 4.26. The van der Waals surface area contributed by atoms with Gasteiger partial charge in [0.2, 0.25) is 5.91 Å². The molecule has 0 saturated carbocycles. The third-order valence-electron chi connectivity index (χ3n) is 6.08. The van der Waals surface area contributed by atoms with Gasteiger partial charge in [0.1, 0.15) is 5.82 Å². The zero-order valence-electron chi connectivity index (χ0n) is 15.9. The fourth-order valence-electron chi connectivity index (χ4n) is 4.67. The standard InChI is InChI=1S/C21H27FN4O/c1-24-14-18(13-23-24)15-25-10-3-7-21(9-11-25)8-6-20(27)26(21)16-17-4-2-5-19(22)12-17/h2,4-5,12-14H,3,6-11,15-16H2,1H3/t21-/m0/s1. The molecular formula is C21H27FN4O. The molecule has 2 saturated heterocycles. The molecule has 0 bridgehead atoms. The van der Waals surface area contributed by atoms with Crippen molar-refractivity contribution in [3.63, 3.8) is 0 Å². The third kappa shape index (κ3) is 3.90. The van der Waals surface area contributed by atoms with E-state index in [1.165, 1.54) is 11.6 Å². The molecule has 1 spiro atoms. The van der Waals surface area contributed by atoms with Gasteiger partial charge in [-0.3, -0.25) is 14.4 Å². The Morgan fingerprint density at radius 2 is 2.04 bits per heavy atom. The SMILES string of the molecule is Cn1cc(CN2CCC[C@]3(CCC(=O)N3Cc3cccc(F)c3)CC2)cn1. The fourth-order valence-corrected chi connectivity index (χ4v) is 4.67. The van der Waals surface area contributed by atoms with Crippen LogP contribution in [0, 0.1) is 5.82 Å². The van der Waals surface area contributed by atoms with E-state index >= 15 is 0 Å². The molecule has 144 valence electrons. The highest BCUT2D eigenvalue weighted by atomic mass is 19.1. The minimum absolute atomic E-state index is 0.0763. The summed E-state index contributed by atoms with van der Waals surface area (Å²) in [6, 6.07) is 6.63. The number of nitrogens with zero attached hydrogens (tertiary/aromatic N) is 4. The van der Waals surface area contributed by atoms with Crippen LogP contribution in [0.25, 0.3) is 0 Å². The van der Waals surface area contributed by atoms with Crippen molar-refractivity contribution in [2.75, 3.05) is 13.1 Å². The van der Waals surface area contributed by atoms with Crippen LogP contribution in [0.3, 0.4) is 0 Å². The lowest BCUT2D eigenvalue weighted by Crippen LogP contribution is -2.45. The highest BCUT2D eigenvalue weighted by Gasteiger charge is 2.45. The van der Waals surface area contributed by atoms with Crippen LogP contribution >= 0.6 is 0 Å². The number of rotatable bonds is 4. The van der Waals surface area contributed by atoms with Crippen LogP contribution in [0.4, 0.5) is 4.39 Å². The van der Waals surface area contributed by atoms with E-state index in [0.29, 0.717) is 13.0 Å². The smallest absolute Gasteiger partial charge is 0.223 e. The quantitative estimate of drug-likeness (QED) is 0.830. The zero-order chi connectivity index (χ0) is 18.9. The normalized spacial score (nSPS) is 23.9. The van der Waals surface area contributed by atoms with Crippen LogP contribution in [0.15, 0.2) is 36.7 Å². The van der Waals surface area contributed by atoms with Crippen molar-refractivity contribution in [3.05, 3.63) is 53.6 Å². The Morgan fingerprint density at radius 1 is 1.15 bits per heavy atom. The summed E-state index contributed by atoms with van der Waals surface area (Å²) in [7, 11) is 1.94. The largest absolute Gasteiger partial charge is 0.333 e. The number of aromatic nitrogens is 2. The van der Waals surface area contributed by atoms with E-state index in [2.05, 4.69) is 16.2 Å². The molecule has 0 unspecified atom stereocenters. The number of benzene rings is 1. The number of hydrogen-bond acceptors (Lipinski definition) is 3. The summed E-state index contributed by atoms with van der Waals surface area (Å²) in [5.74, 6) is -0.0309. The van der Waals surface area contributed by atoms with Crippen molar-refractivity contribution in [2.24, 2.45) is 7.05 Å². The monoisotopic (exact) mass is 370 g/mol. The van der Waals surface area contributed by atoms with Gasteiger partial charge in [0.25, 0.3) is 0 Å². The van der Waals surface area contributed by atoms with Gasteiger partial charge in [-0.25, -0.2) is 4.39 Å². The van der Waals surface area contributed by atoms with E-state index < -0.39 is 0 Å². The van der Waals surface area contributed by atoms with Gasteiger partial charge in [-0.2, -0.15) is 5.10 Å². The molecule has 2 aliphatic heterocycles. The second-order valence-corrected chi connectivity index (χ2v) is 7.99. The Morgan fingerprint density at radius 3 is 2.81 bits per heavy atom. The Labute approximate surface area is 159 Å². The van der Waals surface area contributed by atoms with Gasteiger partial charge in [0.05, 0.1) is 6.20 Å². The molecule has 4 rings (SSSR count). The summed E-state index contributed by atoms with van der Waals surface area (Å²) in [6.45, 7) is 3.43. The number of amides is 1. The lowest BCUT2D eigenvalue weighted by atomic mass is 9.87. The summed E-state index contributed by atoms with van der Waals surface area (Å²) in [4.78, 5) is 17.1. The van der Waals surface area contributed by atoms with Crippen LogP contribution < -0.4 is 0 Å². The minimum Gasteiger partial charge on any atom is -0.333 e. The summed E-state index contributed by atoms with van der Waals surface area (Å²) in [5.41, 5.74) is 2.03. The van der Waals surface area contributed by atoms with Gasteiger partial charge in [-0.05, 0) is 49.9 Å². The van der Waals surface area contributed by atoms with Crippen LogP contribution in [0.5, 0.6) is 0 Å². The Balaban J connectivity index is 1.46. The first-order valence-electron chi connectivity index (χ1n) is 9.79. The van der Waals surface area contributed by atoms with Gasteiger partial charge in [0, 0.05) is 50.4 Å². The molecule has 6 heteroatoms. The Bertz CT molecular complexity index is 820. The third-order valence-corrected chi connectivity index (χ3v) is 6.08. The average molecular weight is 370 g/mol. The summed E-state index contributed by atoms with van der Waals surface area (Å²) in [6.07, 6.45) is 8.60. The van der Waals surface area contributed by atoms with Crippen LogP contribution in [-0.2, 0) is 24.9 Å². The number of likely N-dealkylation sites (tertiary alicyclic amines) is 2. The molecule has 0 aliphatic carbocycles. The van der Waals surface area contributed by atoms with Crippen molar-refractivity contribution in [1.29, 1.82) is 0 Å². The average Bonchev–Trinajstić information content (AvgIpc) is 3.10. The number of hydrogen-bond donors (Lipinski definition) is 0. The highest BCUT2D eigenvalue weighted by molar-refractivity contribution is 5.79. The maximum absolute atomic E-state index is 13.6. The van der Waals surface area contributed by atoms with Crippen LogP contribution in [0.2, 0.25) is 0 Å². The first-order valence-corrected chi connectivity index (χ1v) is 9.79. The maximum Gasteiger partial charge on any atom is 0.223 e. The molecule has 1 amide bonds. The molecule has 2 aromatic rings. The second kappa shape index (κ2) is 7.43. The number of carbonyl (C=O) groups excluding carboxylic acids is 1. The van der Waals surface area contributed by atoms with Crippen molar-refractivity contribution >= 4 is 5.91 Å². The summed E-state index contributed by atoms with van der Waals surface area (Å²) < 4.78 is 15.4. The lowest BCUT2D eigenvalue weighted by molar-refractivity contribution is -0.132. The molecule has 5 nitrogen and oxygen atoms in total. The van der Waals surface area contributed by atoms with Crippen molar-refractivity contribution < 1.29 is 9.18 Å². The van der Waals surface area contributed by atoms with Gasteiger partial charge < -0.3 is 4.90 Å². The molecule has 2 fully saturated rings. The fraction of sp³-hybridized carbons (Fsp3) is 0.524. The molecule has 0 radical (unpaired) electrons. The van der Waals surface area contributed by atoms with E-state index in [0.717, 1.165) is 50.9 Å². The predicted octanol–water partition coefficient (Wildman–Crippen LogP) is 3.11. The molecule has 27 heavy (non-hydrogen) atoms. The van der Waals surface area contributed by atoms with Crippen molar-refractivity contribution in [1.82, 2.24) is 19.6 Å². The van der Waals surface area contributed by atoms with Gasteiger partial charge in [0.15, 0.2) is 0 Å². The highest BCUT2D eigenvalue weighted by Crippen LogP contribution is 2.40. The number of aryl methyl sites for hydroxylation is 1. The van der Waals surface area contributed by atoms with Gasteiger partial charge >= 0.3 is 0 Å². The van der Waals surface area contributed by atoms with E-state index in [4.69, 9.17) is 0 Å². The summed E-state index contributed by atoms with van der Waals surface area (Å²) >= 11 is 0. The van der Waals surface area contributed by atoms with E-state index in [-0.39, 0.29) is 17.3 Å². The van der Waals surface area contributed by atoms with Gasteiger partial charge in [-0.1, -0.05) is 12.1 Å². The van der Waals surface area contributed by atoms with Crippen molar-refractivity contribution in [3.8, 4) is 0 Å². The zero-order valence-corrected chi connectivity index (χ0v) is 15.9. The molecular weight excluding hydrogens is 343 g/mol. The first kappa shape index (κ1) is 18.2. The van der Waals surface area contributed by atoms with E-state index in [1.807, 2.05) is 28.9 Å². The topological polar surface area (TPSA) is 41.4 Å². The Hall–Kier alpha value is -2.21. The maximum atomic E-state index is 13.6. The molecule has 2 aliphatic rings. The Kier molecular flexibility index (Phi) is 5.00. The van der Waals surface area contributed by atoms with Crippen molar-refractivity contribution in [2.45, 2.75) is 50.7 Å². The van der Waals surface area contributed by atoms with E-state index in [1.54, 1.807) is 12.1 Å². The lowest BCUT2D eigenvalue weighted by Gasteiger charge is -2.38. The molecule has 1 aromatic heterocycles. The predicted molar refractivity (Wildman–Crippen MR) is 101 cm³/mol. The molecule has 1 atom stereocenters. The number of halogens is 1. The molecule has 1 aromatic carbocycles. The molecule has 3 heterocycles. The number of carbonyl (C=O) groups is 1. The van der Waals surface area contributed by atoms with Gasteiger partial charge in [-0.15, -0.1) is 0 Å².